The number of amides is 4. The smallest absolute Gasteiger partial charge is 0.347 e. The highest BCUT2D eigenvalue weighted by atomic mass is 35.5. The van der Waals surface area contributed by atoms with Crippen LogP contribution in [0, 0.1) is 0 Å². The number of halogens is 4. The van der Waals surface area contributed by atoms with Crippen molar-refractivity contribution in [1.29, 1.82) is 0 Å². The molecule has 12 heteroatoms. The summed E-state index contributed by atoms with van der Waals surface area (Å²) in [7, 11) is 0. The Morgan fingerprint density at radius 1 is 1.30 bits per heavy atom. The van der Waals surface area contributed by atoms with E-state index >= 15 is 0 Å². The van der Waals surface area contributed by atoms with Gasteiger partial charge in [0.1, 0.15) is 6.04 Å². The van der Waals surface area contributed by atoms with Crippen LogP contribution in [0.2, 0.25) is 5.02 Å². The van der Waals surface area contributed by atoms with Gasteiger partial charge in [-0.05, 0) is 18.2 Å². The number of hydrogen-bond donors (Lipinski definition) is 3. The normalized spacial score (nSPS) is 17.2. The zero-order valence-corrected chi connectivity index (χ0v) is 14.6. The number of anilines is 1. The fraction of sp³-hybridized carbons (Fsp3) is 0.333. The summed E-state index contributed by atoms with van der Waals surface area (Å²) in [5.41, 5.74) is 3.01. The predicted molar refractivity (Wildman–Crippen MR) is 87.3 cm³/mol. The van der Waals surface area contributed by atoms with Crippen molar-refractivity contribution >= 4 is 40.9 Å². The number of carbonyl (C=O) groups excluding carboxylic acids is 4. The molecule has 27 heavy (non-hydrogen) atoms. The number of rotatable bonds is 5. The number of carbonyl (C=O) groups is 4. The van der Waals surface area contributed by atoms with E-state index in [0.717, 1.165) is 12.1 Å². The summed E-state index contributed by atoms with van der Waals surface area (Å²) in [6.45, 7) is 0.853. The monoisotopic (exact) mass is 406 g/mol. The molecule has 1 aromatic carbocycles. The Bertz CT molecular complexity index is 800. The molecule has 1 heterocycles. The zero-order chi connectivity index (χ0) is 20.4. The summed E-state index contributed by atoms with van der Waals surface area (Å²) in [5.74, 6) is -2.69. The minimum Gasteiger partial charge on any atom is -0.347 e. The molecule has 8 nitrogen and oxygen atoms in total. The fourth-order valence-corrected chi connectivity index (χ4v) is 2.53. The maximum atomic E-state index is 13.0. The highest BCUT2D eigenvalue weighted by Crippen LogP contribution is 2.37. The number of hydrogen-bond acceptors (Lipinski definition) is 5. The molecule has 2 rings (SSSR count). The van der Waals surface area contributed by atoms with Crippen molar-refractivity contribution < 1.29 is 32.3 Å². The summed E-state index contributed by atoms with van der Waals surface area (Å²) < 4.78 is 38.9. The summed E-state index contributed by atoms with van der Waals surface area (Å²) in [6.07, 6.45) is -5.13. The van der Waals surface area contributed by atoms with Crippen LogP contribution >= 0.6 is 11.6 Å². The van der Waals surface area contributed by atoms with E-state index in [1.165, 1.54) is 6.92 Å². The molecule has 1 aliphatic rings. The molecular weight excluding hydrogens is 393 g/mol. The van der Waals surface area contributed by atoms with E-state index in [9.17, 15) is 32.3 Å². The second-order valence-corrected chi connectivity index (χ2v) is 6.00. The number of imide groups is 1. The van der Waals surface area contributed by atoms with E-state index in [2.05, 4.69) is 16.2 Å². The van der Waals surface area contributed by atoms with E-state index in [-0.39, 0.29) is 18.7 Å². The maximum absolute atomic E-state index is 13.0. The van der Waals surface area contributed by atoms with Gasteiger partial charge in [0.15, 0.2) is 0 Å². The first-order chi connectivity index (χ1) is 12.5. The maximum Gasteiger partial charge on any atom is 0.417 e. The Hall–Kier alpha value is -2.66. The van der Waals surface area contributed by atoms with Crippen molar-refractivity contribution in [2.75, 3.05) is 11.4 Å². The second kappa shape index (κ2) is 7.92. The van der Waals surface area contributed by atoms with Crippen LogP contribution in [0.5, 0.6) is 0 Å². The van der Waals surface area contributed by atoms with Crippen LogP contribution in [0.1, 0.15) is 18.9 Å². The lowest BCUT2D eigenvalue weighted by Crippen LogP contribution is -2.50. The summed E-state index contributed by atoms with van der Waals surface area (Å²) >= 11 is 5.53. The van der Waals surface area contributed by atoms with Crippen molar-refractivity contribution in [3.8, 4) is 0 Å². The summed E-state index contributed by atoms with van der Waals surface area (Å²) in [5, 5.41) is 1.66. The van der Waals surface area contributed by atoms with Gasteiger partial charge in [-0.15, -0.1) is 0 Å². The Morgan fingerprint density at radius 2 is 1.96 bits per heavy atom. The standard InChI is InChI=1S/C15H14ClF3N4O4/c1-7(24)20-6-12(25)22-21-11-5-13(26)23(14(11)27)8-2-3-10(16)9(4-8)15(17,18)19/h2-4,11,21H,5-6H2,1H3,(H,20,24)(H,22,25)/t11-/m0/s1. The molecule has 0 spiro atoms. The van der Waals surface area contributed by atoms with Crippen molar-refractivity contribution in [3.63, 3.8) is 0 Å². The van der Waals surface area contributed by atoms with E-state index in [1.54, 1.807) is 0 Å². The van der Waals surface area contributed by atoms with E-state index in [4.69, 9.17) is 11.6 Å². The number of hydrazine groups is 1. The van der Waals surface area contributed by atoms with Gasteiger partial charge in [0, 0.05) is 6.92 Å². The lowest BCUT2D eigenvalue weighted by Gasteiger charge is -2.18. The first kappa shape index (κ1) is 20.6. The number of nitrogens with zero attached hydrogens (tertiary/aromatic N) is 1. The number of nitrogens with one attached hydrogen (secondary N) is 3. The Kier molecular flexibility index (Phi) is 6.06. The molecule has 1 aromatic rings. The number of alkyl halides is 3. The average molecular weight is 407 g/mol. The van der Waals surface area contributed by atoms with Gasteiger partial charge in [-0.3, -0.25) is 24.6 Å². The molecule has 0 radical (unpaired) electrons. The average Bonchev–Trinajstić information content (AvgIpc) is 2.84. The van der Waals surface area contributed by atoms with Gasteiger partial charge in [0.2, 0.25) is 11.8 Å². The third-order valence-corrected chi connectivity index (χ3v) is 3.87. The Morgan fingerprint density at radius 3 is 2.56 bits per heavy atom. The molecule has 1 aliphatic heterocycles. The van der Waals surface area contributed by atoms with Crippen LogP contribution in [0.4, 0.5) is 18.9 Å². The minimum atomic E-state index is -4.76. The molecule has 3 N–H and O–H groups in total. The molecule has 1 atom stereocenters. The minimum absolute atomic E-state index is 0.282. The highest BCUT2D eigenvalue weighted by molar-refractivity contribution is 6.31. The van der Waals surface area contributed by atoms with Gasteiger partial charge < -0.3 is 5.32 Å². The predicted octanol–water partition coefficient (Wildman–Crippen LogP) is 0.748. The van der Waals surface area contributed by atoms with Crippen molar-refractivity contribution in [2.24, 2.45) is 0 Å². The van der Waals surface area contributed by atoms with Gasteiger partial charge in [-0.1, -0.05) is 11.6 Å². The van der Waals surface area contributed by atoms with E-state index in [0.29, 0.717) is 11.0 Å². The lowest BCUT2D eigenvalue weighted by molar-refractivity contribution is -0.137. The topological polar surface area (TPSA) is 108 Å². The summed E-state index contributed by atoms with van der Waals surface area (Å²) in [4.78, 5) is 47.2. The molecule has 0 unspecified atom stereocenters. The van der Waals surface area contributed by atoms with E-state index in [1.807, 2.05) is 0 Å². The lowest BCUT2D eigenvalue weighted by atomic mass is 10.2. The third kappa shape index (κ3) is 4.95. The highest BCUT2D eigenvalue weighted by Gasteiger charge is 2.41. The molecular formula is C15H14ClF3N4O4. The van der Waals surface area contributed by atoms with Gasteiger partial charge in [0.25, 0.3) is 11.8 Å². The SMILES string of the molecule is CC(=O)NCC(=O)NN[C@H]1CC(=O)N(c2ccc(Cl)c(C(F)(F)F)c2)C1=O. The van der Waals surface area contributed by atoms with Gasteiger partial charge >= 0.3 is 6.18 Å². The molecule has 4 amide bonds. The van der Waals surface area contributed by atoms with Crippen LogP contribution in [-0.2, 0) is 25.4 Å². The van der Waals surface area contributed by atoms with Crippen LogP contribution in [-0.4, -0.2) is 36.2 Å². The summed E-state index contributed by atoms with van der Waals surface area (Å²) in [6, 6.07) is 1.50. The van der Waals surface area contributed by atoms with Crippen molar-refractivity contribution in [2.45, 2.75) is 25.6 Å². The van der Waals surface area contributed by atoms with Crippen LogP contribution in [0.15, 0.2) is 18.2 Å². The third-order valence-electron chi connectivity index (χ3n) is 3.54. The Balaban J connectivity index is 2.10. The first-order valence-electron chi connectivity index (χ1n) is 7.53. The van der Waals surface area contributed by atoms with Crippen LogP contribution < -0.4 is 21.1 Å². The fourth-order valence-electron chi connectivity index (χ4n) is 2.30. The molecule has 0 aliphatic carbocycles. The largest absolute Gasteiger partial charge is 0.417 e. The van der Waals surface area contributed by atoms with Gasteiger partial charge in [-0.2, -0.15) is 13.2 Å². The van der Waals surface area contributed by atoms with E-state index < -0.39 is 46.4 Å². The first-order valence-corrected chi connectivity index (χ1v) is 7.91. The molecule has 146 valence electrons. The molecule has 0 aromatic heterocycles. The van der Waals surface area contributed by atoms with Crippen LogP contribution in [0.25, 0.3) is 0 Å². The molecule has 0 bridgehead atoms. The zero-order valence-electron chi connectivity index (χ0n) is 13.8. The van der Waals surface area contributed by atoms with Gasteiger partial charge in [0.05, 0.1) is 29.2 Å². The molecule has 0 saturated carbocycles. The number of benzene rings is 1. The Labute approximate surface area is 156 Å². The van der Waals surface area contributed by atoms with Crippen molar-refractivity contribution in [1.82, 2.24) is 16.2 Å². The van der Waals surface area contributed by atoms with Gasteiger partial charge in [-0.25, -0.2) is 10.3 Å². The molecule has 1 fully saturated rings. The van der Waals surface area contributed by atoms with Crippen molar-refractivity contribution in [3.05, 3.63) is 28.8 Å². The molecule has 1 saturated heterocycles. The second-order valence-electron chi connectivity index (χ2n) is 5.59. The quantitative estimate of drug-likeness (QED) is 0.494. The van der Waals surface area contributed by atoms with Crippen LogP contribution in [0.3, 0.4) is 0 Å².